The van der Waals surface area contributed by atoms with Gasteiger partial charge in [-0.3, -0.25) is 14.3 Å². The second-order valence-corrected chi connectivity index (χ2v) is 16.2. The number of pyridine rings is 4. The number of alkyl halides is 2. The number of methoxy groups -OCH3 is 1. The average Bonchev–Trinajstić information content (AvgIpc) is 4.00. The summed E-state index contributed by atoms with van der Waals surface area (Å²) >= 11 is 0. The van der Waals surface area contributed by atoms with Crippen molar-refractivity contribution >= 4 is 11.3 Å². The maximum atomic E-state index is 14.6. The molecule has 0 amide bonds. The van der Waals surface area contributed by atoms with Gasteiger partial charge < -0.3 is 9.14 Å². The summed E-state index contributed by atoms with van der Waals surface area (Å²) in [5, 5.41) is 23.2. The van der Waals surface area contributed by atoms with E-state index in [1.54, 1.807) is 30.1 Å². The molecule has 0 radical (unpaired) electrons. The van der Waals surface area contributed by atoms with E-state index in [1.165, 1.54) is 24.6 Å². The molecule has 0 aromatic carbocycles. The van der Waals surface area contributed by atoms with Crippen LogP contribution in [0.3, 0.4) is 0 Å². The smallest absolute Gasteiger partial charge is 0.245 e. The summed E-state index contributed by atoms with van der Waals surface area (Å²) < 4.78 is 54.1. The Morgan fingerprint density at radius 2 is 1.49 bits per heavy atom. The minimum atomic E-state index is -2.53. The van der Waals surface area contributed by atoms with Crippen LogP contribution in [0.15, 0.2) is 85.8 Å². The van der Waals surface area contributed by atoms with E-state index in [4.69, 9.17) is 19.8 Å². The fraction of sp³-hybridized carbons (Fsp3) is 0.302. The molecule has 8 heterocycles. The van der Waals surface area contributed by atoms with Crippen molar-refractivity contribution in [2.45, 2.75) is 67.2 Å². The molecule has 0 saturated heterocycles. The van der Waals surface area contributed by atoms with Gasteiger partial charge in [0.15, 0.2) is 11.5 Å². The molecule has 300 valence electrons. The van der Waals surface area contributed by atoms with Gasteiger partial charge in [-0.1, -0.05) is 27.7 Å². The summed E-state index contributed by atoms with van der Waals surface area (Å²) in [6.07, 6.45) is 10.1. The van der Waals surface area contributed by atoms with E-state index < -0.39 is 17.7 Å². The lowest BCUT2D eigenvalue weighted by Gasteiger charge is -2.25. The van der Waals surface area contributed by atoms with E-state index in [0.29, 0.717) is 64.9 Å². The van der Waals surface area contributed by atoms with Crippen LogP contribution in [0.5, 0.6) is 0 Å². The fourth-order valence-corrected chi connectivity index (χ4v) is 7.31. The Morgan fingerprint density at radius 1 is 0.797 bits per heavy atom. The van der Waals surface area contributed by atoms with Gasteiger partial charge in [0.05, 0.1) is 42.2 Å². The van der Waals surface area contributed by atoms with Crippen LogP contribution in [0, 0.1) is 34.9 Å². The maximum absolute atomic E-state index is 14.6. The van der Waals surface area contributed by atoms with E-state index in [0.717, 1.165) is 39.8 Å². The largest absolute Gasteiger partial charge is 0.377 e. The summed E-state index contributed by atoms with van der Waals surface area (Å²) in [4.78, 5) is 18.6. The van der Waals surface area contributed by atoms with Crippen molar-refractivity contribution in [1.82, 2.24) is 53.5 Å². The van der Waals surface area contributed by atoms with Crippen molar-refractivity contribution in [3.63, 3.8) is 0 Å². The Morgan fingerprint density at radius 3 is 2.22 bits per heavy atom. The molecule has 0 saturated carbocycles. The molecule has 0 aliphatic rings. The first-order valence-electron chi connectivity index (χ1n) is 18.9. The third-order valence-corrected chi connectivity index (χ3v) is 10.3. The van der Waals surface area contributed by atoms with Crippen LogP contribution >= 0.6 is 0 Å². The number of imidazole rings is 1. The number of rotatable bonds is 13. The average molecular weight is 799 g/mol. The van der Waals surface area contributed by atoms with Crippen molar-refractivity contribution in [1.29, 1.82) is 5.26 Å². The molecule has 0 N–H and O–H groups in total. The minimum absolute atomic E-state index is 0.00220. The SMILES string of the molecule is COCc1nc2cc(-c3nc(C#N)ccc3-c3cnn(CC(C)(C)Cc4c(C)nc5cc(-c6ncc(F)cc6-c6cnn(CC(C)(C)C(F)F)c6)ccn45)c3)ccn2n1. The van der Waals surface area contributed by atoms with Gasteiger partial charge in [-0.25, -0.2) is 32.6 Å². The van der Waals surface area contributed by atoms with Crippen molar-refractivity contribution in [3.05, 3.63) is 115 Å². The zero-order chi connectivity index (χ0) is 41.6. The third kappa shape index (κ3) is 7.93. The maximum Gasteiger partial charge on any atom is 0.245 e. The quantitative estimate of drug-likeness (QED) is 0.113. The van der Waals surface area contributed by atoms with Crippen LogP contribution < -0.4 is 0 Å². The highest BCUT2D eigenvalue weighted by atomic mass is 19.3. The van der Waals surface area contributed by atoms with Crippen LogP contribution in [0.4, 0.5) is 13.2 Å². The van der Waals surface area contributed by atoms with Gasteiger partial charge in [-0.05, 0) is 61.2 Å². The van der Waals surface area contributed by atoms with Crippen molar-refractivity contribution in [2.24, 2.45) is 10.8 Å². The molecule has 0 aliphatic heterocycles. The fourth-order valence-electron chi connectivity index (χ4n) is 7.31. The van der Waals surface area contributed by atoms with Gasteiger partial charge in [-0.2, -0.15) is 15.5 Å². The van der Waals surface area contributed by atoms with Crippen molar-refractivity contribution < 1.29 is 17.9 Å². The Kier molecular flexibility index (Phi) is 10.1. The molecule has 8 aromatic heterocycles. The molecule has 0 atom stereocenters. The lowest BCUT2D eigenvalue weighted by molar-refractivity contribution is 0.00608. The molecular weight excluding hydrogens is 758 g/mol. The number of hydrogen-bond donors (Lipinski definition) is 0. The zero-order valence-electron chi connectivity index (χ0n) is 33.4. The number of aromatic nitrogens is 11. The number of halogens is 3. The number of ether oxygens (including phenoxy) is 1. The van der Waals surface area contributed by atoms with Crippen molar-refractivity contribution in [3.8, 4) is 50.8 Å². The predicted octanol–water partition coefficient (Wildman–Crippen LogP) is 8.25. The van der Waals surface area contributed by atoms with E-state index in [1.807, 2.05) is 66.7 Å². The van der Waals surface area contributed by atoms with E-state index in [-0.39, 0.29) is 12.0 Å². The molecule has 0 unspecified atom stereocenters. The Balaban J connectivity index is 1.04. The molecule has 0 aliphatic carbocycles. The first kappa shape index (κ1) is 39.1. The highest BCUT2D eigenvalue weighted by molar-refractivity contribution is 5.82. The molecule has 0 spiro atoms. The second-order valence-electron chi connectivity index (χ2n) is 16.2. The number of fused-ring (bicyclic) bond motifs is 2. The van der Waals surface area contributed by atoms with Gasteiger partial charge >= 0.3 is 0 Å². The number of nitrogens with zero attached hydrogens (tertiary/aromatic N) is 12. The molecule has 0 fully saturated rings. The highest BCUT2D eigenvalue weighted by Gasteiger charge is 2.31. The Bertz CT molecular complexity index is 2880. The molecule has 0 bridgehead atoms. The second kappa shape index (κ2) is 15.2. The van der Waals surface area contributed by atoms with Crippen LogP contribution in [0.1, 0.15) is 50.6 Å². The molecular formula is C43H41F3N12O. The summed E-state index contributed by atoms with van der Waals surface area (Å²) in [7, 11) is 1.59. The lowest BCUT2D eigenvalue weighted by Crippen LogP contribution is -2.27. The lowest BCUT2D eigenvalue weighted by atomic mass is 9.87. The van der Waals surface area contributed by atoms with E-state index in [2.05, 4.69) is 44.5 Å². The molecule has 8 rings (SSSR count). The number of nitriles is 1. The first-order chi connectivity index (χ1) is 28.2. The van der Waals surface area contributed by atoms with E-state index in [9.17, 15) is 18.4 Å². The van der Waals surface area contributed by atoms with Gasteiger partial charge in [0.1, 0.15) is 29.8 Å². The molecule has 8 aromatic rings. The van der Waals surface area contributed by atoms with E-state index >= 15 is 0 Å². The Labute approximate surface area is 337 Å². The van der Waals surface area contributed by atoms with Crippen LogP contribution in [0.25, 0.3) is 56.1 Å². The number of hydrogen-bond acceptors (Lipinski definition) is 9. The molecule has 16 heteroatoms. The Hall–Kier alpha value is -6.73. The monoisotopic (exact) mass is 798 g/mol. The van der Waals surface area contributed by atoms with Crippen LogP contribution in [-0.4, -0.2) is 67.0 Å². The molecule has 13 nitrogen and oxygen atoms in total. The summed E-state index contributed by atoms with van der Waals surface area (Å²) in [5.74, 6) is 0.0403. The van der Waals surface area contributed by atoms with Crippen LogP contribution in [0.2, 0.25) is 0 Å². The summed E-state index contributed by atoms with van der Waals surface area (Å²) in [6, 6.07) is 14.7. The highest BCUT2D eigenvalue weighted by Crippen LogP contribution is 2.35. The molecule has 59 heavy (non-hydrogen) atoms. The van der Waals surface area contributed by atoms with Crippen LogP contribution in [-0.2, 0) is 30.9 Å². The topological polar surface area (TPSA) is 142 Å². The number of aryl methyl sites for hydroxylation is 1. The third-order valence-electron chi connectivity index (χ3n) is 10.3. The van der Waals surface area contributed by atoms with Gasteiger partial charge in [0.2, 0.25) is 6.43 Å². The summed E-state index contributed by atoms with van der Waals surface area (Å²) in [5.41, 5.74) is 7.40. The van der Waals surface area contributed by atoms with Gasteiger partial charge in [0, 0.05) is 82.9 Å². The minimum Gasteiger partial charge on any atom is -0.377 e. The standard InChI is InChI=1S/C43H41F3N12O/c1-26-35(57-11-9-27(13-37(57)51-26)39-34(15-31(44)20-48-39)30-19-50-56(22-30)25-43(4,5)41(45)46)16-42(2,3)24-55-21-29(18-49-55)33-8-7-32(17-47)52-40(33)28-10-12-58-38(14-28)53-36(54-58)23-59-6/h7-15,18-22,41H,16,23-25H2,1-6H3. The first-order valence-corrected chi connectivity index (χ1v) is 18.9. The zero-order valence-corrected chi connectivity index (χ0v) is 33.4. The predicted molar refractivity (Wildman–Crippen MR) is 214 cm³/mol. The normalized spacial score (nSPS) is 12.3. The van der Waals surface area contributed by atoms with Gasteiger partial charge in [-0.15, -0.1) is 5.10 Å². The van der Waals surface area contributed by atoms with Gasteiger partial charge in [0.25, 0.3) is 0 Å². The summed E-state index contributed by atoms with van der Waals surface area (Å²) in [6.45, 7) is 10.2. The van der Waals surface area contributed by atoms with Crippen molar-refractivity contribution in [2.75, 3.05) is 7.11 Å².